The van der Waals surface area contributed by atoms with Crippen LogP contribution >= 0.6 is 0 Å². The molecule has 0 saturated heterocycles. The van der Waals surface area contributed by atoms with E-state index in [1.807, 2.05) is 0 Å². The summed E-state index contributed by atoms with van der Waals surface area (Å²) >= 11 is 0. The van der Waals surface area contributed by atoms with E-state index in [4.69, 9.17) is 4.98 Å². The van der Waals surface area contributed by atoms with E-state index in [9.17, 15) is 0 Å². The predicted molar refractivity (Wildman–Crippen MR) is 228 cm³/mol. The highest BCUT2D eigenvalue weighted by molar-refractivity contribution is 5.96. The Hall–Kier alpha value is -6.83. The van der Waals surface area contributed by atoms with Crippen LogP contribution in [0.25, 0.3) is 67.0 Å². The molecule has 1 spiro atoms. The third kappa shape index (κ3) is 4.97. The van der Waals surface area contributed by atoms with Gasteiger partial charge in [-0.1, -0.05) is 182 Å². The molecule has 0 saturated carbocycles. The monoisotopic (exact) mass is 699 g/mol. The predicted octanol–water partition coefficient (Wildman–Crippen LogP) is 13.7. The second-order valence-corrected chi connectivity index (χ2v) is 15.0. The van der Waals surface area contributed by atoms with Crippen molar-refractivity contribution in [1.29, 1.82) is 0 Å². The molecule has 0 amide bonds. The Kier molecular flexibility index (Phi) is 7.28. The summed E-state index contributed by atoms with van der Waals surface area (Å²) in [6.07, 6.45) is 6.71. The lowest BCUT2D eigenvalue weighted by Gasteiger charge is -2.30. The van der Waals surface area contributed by atoms with Gasteiger partial charge in [0.15, 0.2) is 0 Å². The minimum absolute atomic E-state index is 0.291. The number of fused-ring (bicyclic) bond motifs is 10. The van der Waals surface area contributed by atoms with Gasteiger partial charge in [-0.25, -0.2) is 4.98 Å². The molecule has 55 heavy (non-hydrogen) atoms. The van der Waals surface area contributed by atoms with Crippen LogP contribution in [0.2, 0.25) is 0 Å². The fourth-order valence-electron chi connectivity index (χ4n) is 9.51. The maximum Gasteiger partial charge on any atom is 0.0725 e. The second-order valence-electron chi connectivity index (χ2n) is 15.0. The first-order chi connectivity index (χ1) is 27.3. The van der Waals surface area contributed by atoms with Crippen LogP contribution in [0.3, 0.4) is 0 Å². The summed E-state index contributed by atoms with van der Waals surface area (Å²) in [5.74, 6) is 0. The lowest BCUT2D eigenvalue weighted by Crippen LogP contribution is -2.25. The van der Waals surface area contributed by atoms with E-state index in [1.54, 1.807) is 0 Å². The lowest BCUT2D eigenvalue weighted by molar-refractivity contribution is 0.793. The summed E-state index contributed by atoms with van der Waals surface area (Å²) in [6, 6.07) is 68.9. The first-order valence-corrected chi connectivity index (χ1v) is 19.3. The molecule has 258 valence electrons. The molecule has 3 aliphatic rings. The number of hydrogen-bond donors (Lipinski definition) is 0. The van der Waals surface area contributed by atoms with Crippen LogP contribution in [0.1, 0.15) is 46.2 Å². The Morgan fingerprint density at radius 1 is 0.309 bits per heavy atom. The molecule has 0 unspecified atom stereocenters. The maximum absolute atomic E-state index is 5.07. The topological polar surface area (TPSA) is 12.9 Å². The van der Waals surface area contributed by atoms with Gasteiger partial charge in [-0.15, -0.1) is 0 Å². The third-order valence-corrected chi connectivity index (χ3v) is 12.1. The van der Waals surface area contributed by atoms with Crippen LogP contribution in [-0.4, -0.2) is 4.98 Å². The van der Waals surface area contributed by atoms with Crippen molar-refractivity contribution in [3.8, 4) is 55.9 Å². The molecule has 3 aliphatic carbocycles. The average molecular weight is 700 g/mol. The van der Waals surface area contributed by atoms with E-state index in [2.05, 4.69) is 200 Å². The molecule has 7 aromatic carbocycles. The number of hydrogen-bond acceptors (Lipinski definition) is 1. The quantitative estimate of drug-likeness (QED) is 0.174. The molecule has 1 heteroatoms. The Morgan fingerprint density at radius 3 is 1.25 bits per heavy atom. The van der Waals surface area contributed by atoms with Crippen LogP contribution < -0.4 is 0 Å². The number of benzene rings is 7. The molecule has 0 N–H and O–H groups in total. The normalized spacial score (nSPS) is 14.4. The summed E-state index contributed by atoms with van der Waals surface area (Å²) in [5.41, 5.74) is 22.6. The fourth-order valence-corrected chi connectivity index (χ4v) is 9.51. The van der Waals surface area contributed by atoms with Gasteiger partial charge in [0.05, 0.1) is 16.8 Å². The summed E-state index contributed by atoms with van der Waals surface area (Å²) < 4.78 is 0. The molecular formula is C54H37N. The van der Waals surface area contributed by atoms with Crippen molar-refractivity contribution in [1.82, 2.24) is 4.98 Å². The zero-order valence-electron chi connectivity index (χ0n) is 30.4. The van der Waals surface area contributed by atoms with E-state index in [0.717, 1.165) is 35.4 Å². The fraction of sp³-hybridized carbons (Fsp3) is 0.0556. The molecule has 1 aromatic heterocycles. The molecule has 1 heterocycles. The molecule has 11 rings (SSSR count). The van der Waals surface area contributed by atoms with Crippen LogP contribution in [0, 0.1) is 0 Å². The van der Waals surface area contributed by atoms with Crippen molar-refractivity contribution in [2.45, 2.75) is 18.3 Å². The zero-order valence-corrected chi connectivity index (χ0v) is 30.4. The van der Waals surface area contributed by atoms with Crippen LogP contribution in [0.15, 0.2) is 200 Å². The van der Waals surface area contributed by atoms with Crippen LogP contribution in [0.5, 0.6) is 0 Å². The number of aromatic nitrogens is 1. The highest BCUT2D eigenvalue weighted by Gasteiger charge is 2.51. The second kappa shape index (κ2) is 12.6. The Labute approximate surface area is 322 Å². The maximum atomic E-state index is 5.07. The molecular weight excluding hydrogens is 663 g/mol. The van der Waals surface area contributed by atoms with E-state index < -0.39 is 0 Å². The Morgan fingerprint density at radius 2 is 0.727 bits per heavy atom. The van der Waals surface area contributed by atoms with Gasteiger partial charge in [-0.3, -0.25) is 0 Å². The summed E-state index contributed by atoms with van der Waals surface area (Å²) in [6.45, 7) is 0. The Balaban J connectivity index is 0.927. The van der Waals surface area contributed by atoms with Gasteiger partial charge < -0.3 is 0 Å². The SMILES string of the molecule is C1=C(c2ccc(-c3cc(-c4ccccc4)nc(-c4ccccc4)c3)cc2)CCC(c2ccc3c(c2)-c2ccccc2C32c3ccccc3-c3ccccc32)=C1. The van der Waals surface area contributed by atoms with Crippen LogP contribution in [-0.2, 0) is 5.41 Å². The smallest absolute Gasteiger partial charge is 0.0725 e. The van der Waals surface area contributed by atoms with Crippen molar-refractivity contribution in [3.63, 3.8) is 0 Å². The van der Waals surface area contributed by atoms with E-state index in [-0.39, 0.29) is 5.41 Å². The molecule has 0 fully saturated rings. The molecule has 1 nitrogen and oxygen atoms in total. The van der Waals surface area contributed by atoms with Gasteiger partial charge >= 0.3 is 0 Å². The van der Waals surface area contributed by atoms with Gasteiger partial charge in [0, 0.05) is 11.1 Å². The van der Waals surface area contributed by atoms with Crippen molar-refractivity contribution in [2.24, 2.45) is 0 Å². The third-order valence-electron chi connectivity index (χ3n) is 12.1. The van der Waals surface area contributed by atoms with Gasteiger partial charge in [0.1, 0.15) is 0 Å². The van der Waals surface area contributed by atoms with Crippen LogP contribution in [0.4, 0.5) is 0 Å². The highest BCUT2D eigenvalue weighted by Crippen LogP contribution is 2.62. The van der Waals surface area contributed by atoms with Crippen molar-refractivity contribution < 1.29 is 0 Å². The van der Waals surface area contributed by atoms with E-state index >= 15 is 0 Å². The highest BCUT2D eigenvalue weighted by atomic mass is 14.7. The number of nitrogens with zero attached hydrogens (tertiary/aromatic N) is 1. The van der Waals surface area contributed by atoms with Crippen molar-refractivity contribution in [2.75, 3.05) is 0 Å². The molecule has 0 atom stereocenters. The molecule has 0 radical (unpaired) electrons. The van der Waals surface area contributed by atoms with Crippen molar-refractivity contribution in [3.05, 3.63) is 234 Å². The number of allylic oxidation sites excluding steroid dienone is 4. The van der Waals surface area contributed by atoms with Gasteiger partial charge in [-0.2, -0.15) is 0 Å². The molecule has 8 aromatic rings. The number of rotatable bonds is 5. The molecule has 0 bridgehead atoms. The van der Waals surface area contributed by atoms with E-state index in [0.29, 0.717) is 0 Å². The van der Waals surface area contributed by atoms with Crippen molar-refractivity contribution >= 4 is 11.1 Å². The first kappa shape index (κ1) is 31.7. The molecule has 0 aliphatic heterocycles. The standard InChI is InChI=1S/C54H37N/c1-3-13-40(14-4-1)52-34-43(35-53(55-52)41-15-5-2-6-16-41)39-29-25-37(26-30-39)36-23-27-38(28-24-36)42-31-32-51-47(33-42)46-19-9-12-22-50(46)54(51)48-20-10-7-17-44(48)45-18-8-11-21-49(45)54/h1-23,25-27,29-35H,24,28H2. The van der Waals surface area contributed by atoms with E-state index in [1.165, 1.54) is 77.9 Å². The minimum Gasteiger partial charge on any atom is -0.248 e. The largest absolute Gasteiger partial charge is 0.248 e. The van der Waals surface area contributed by atoms with Gasteiger partial charge in [0.2, 0.25) is 0 Å². The summed E-state index contributed by atoms with van der Waals surface area (Å²) in [7, 11) is 0. The summed E-state index contributed by atoms with van der Waals surface area (Å²) in [4.78, 5) is 5.07. The average Bonchev–Trinajstić information content (AvgIpc) is 3.74. The van der Waals surface area contributed by atoms with Gasteiger partial charge in [-0.05, 0) is 109 Å². The zero-order chi connectivity index (χ0) is 36.3. The minimum atomic E-state index is -0.291. The lowest BCUT2D eigenvalue weighted by atomic mass is 9.70. The van der Waals surface area contributed by atoms with Gasteiger partial charge in [0.25, 0.3) is 0 Å². The summed E-state index contributed by atoms with van der Waals surface area (Å²) in [5, 5.41) is 0. The number of pyridine rings is 1. The Bertz CT molecular complexity index is 2740. The first-order valence-electron chi connectivity index (χ1n) is 19.3.